The number of nitrogens with one attached hydrogen (secondary N) is 3. The second-order valence-electron chi connectivity index (χ2n) is 7.86. The minimum absolute atomic E-state index is 0.0191. The number of amides is 2. The summed E-state index contributed by atoms with van der Waals surface area (Å²) in [4.78, 5) is 41.3. The maximum Gasteiger partial charge on any atom is 0.271 e. The van der Waals surface area contributed by atoms with Gasteiger partial charge in [0.2, 0.25) is 0 Å². The number of hydrazine groups is 1. The van der Waals surface area contributed by atoms with E-state index in [9.17, 15) is 18.8 Å². The summed E-state index contributed by atoms with van der Waals surface area (Å²) in [5.41, 5.74) is 6.10. The molecule has 0 aliphatic carbocycles. The van der Waals surface area contributed by atoms with Crippen molar-refractivity contribution < 1.29 is 14.0 Å². The van der Waals surface area contributed by atoms with Gasteiger partial charge >= 0.3 is 0 Å². The number of aromatic amines is 1. The average Bonchev–Trinajstić information content (AvgIpc) is 3.20. The van der Waals surface area contributed by atoms with Crippen molar-refractivity contribution in [3.8, 4) is 5.69 Å². The Bertz CT molecular complexity index is 1770. The van der Waals surface area contributed by atoms with Crippen LogP contribution in [0.5, 0.6) is 0 Å². The van der Waals surface area contributed by atoms with Crippen LogP contribution in [0.4, 0.5) is 4.39 Å². The predicted molar refractivity (Wildman–Crippen MR) is 133 cm³/mol. The van der Waals surface area contributed by atoms with E-state index in [1.165, 1.54) is 36.4 Å². The highest BCUT2D eigenvalue weighted by Gasteiger charge is 2.16. The van der Waals surface area contributed by atoms with Gasteiger partial charge in [-0.25, -0.2) is 8.96 Å². The summed E-state index contributed by atoms with van der Waals surface area (Å²) in [7, 11) is 1.83. The first-order valence-corrected chi connectivity index (χ1v) is 10.9. The molecule has 10 heteroatoms. The van der Waals surface area contributed by atoms with Gasteiger partial charge in [0.1, 0.15) is 5.82 Å². The third-order valence-electron chi connectivity index (χ3n) is 5.68. The highest BCUT2D eigenvalue weighted by atomic mass is 32.1. The molecule has 0 unspecified atom stereocenters. The van der Waals surface area contributed by atoms with E-state index < -0.39 is 23.2 Å². The van der Waals surface area contributed by atoms with E-state index in [2.05, 4.69) is 15.8 Å². The first-order valence-electron chi connectivity index (χ1n) is 10.5. The zero-order valence-electron chi connectivity index (χ0n) is 18.3. The maximum atomic E-state index is 14.3. The predicted octanol–water partition coefficient (Wildman–Crippen LogP) is 3.75. The van der Waals surface area contributed by atoms with Gasteiger partial charge in [0.05, 0.1) is 22.2 Å². The lowest BCUT2D eigenvalue weighted by molar-refractivity contribution is 0.0847. The van der Waals surface area contributed by atoms with Crippen LogP contribution in [0.15, 0.2) is 77.7 Å². The topological polar surface area (TPSA) is 101 Å². The summed E-state index contributed by atoms with van der Waals surface area (Å²) in [6.45, 7) is 0. The van der Waals surface area contributed by atoms with Crippen molar-refractivity contribution in [2.24, 2.45) is 7.05 Å². The maximum absolute atomic E-state index is 14.3. The Labute approximate surface area is 202 Å². The van der Waals surface area contributed by atoms with E-state index in [1.54, 1.807) is 12.3 Å². The molecular formula is C25H18FN5O3S. The Morgan fingerprint density at radius 1 is 0.943 bits per heavy atom. The number of H-pyrrole nitrogens is 1. The number of halogens is 1. The van der Waals surface area contributed by atoms with Crippen LogP contribution in [0.2, 0.25) is 0 Å². The quantitative estimate of drug-likeness (QED) is 0.267. The summed E-state index contributed by atoms with van der Waals surface area (Å²) in [6, 6.07) is 17.6. The zero-order valence-corrected chi connectivity index (χ0v) is 19.2. The van der Waals surface area contributed by atoms with E-state index in [4.69, 9.17) is 12.2 Å². The Hall–Kier alpha value is -4.57. The number of carbonyl (C=O) groups excluding carboxylic acids is 2. The molecule has 0 saturated carbocycles. The van der Waals surface area contributed by atoms with Crippen molar-refractivity contribution in [2.75, 3.05) is 0 Å². The lowest BCUT2D eigenvalue weighted by Gasteiger charge is -2.10. The van der Waals surface area contributed by atoms with Crippen LogP contribution in [0.1, 0.15) is 20.7 Å². The van der Waals surface area contributed by atoms with Crippen LogP contribution in [-0.4, -0.2) is 25.9 Å². The molecule has 0 spiro atoms. The molecule has 0 fully saturated rings. The molecule has 0 atom stereocenters. The molecule has 5 aromatic rings. The molecule has 2 amide bonds. The molecular weight excluding hydrogens is 469 g/mol. The molecule has 0 aliphatic rings. The smallest absolute Gasteiger partial charge is 0.271 e. The van der Waals surface area contributed by atoms with Gasteiger partial charge in [-0.2, -0.15) is 0 Å². The number of aromatic nitrogens is 3. The second-order valence-corrected chi connectivity index (χ2v) is 8.25. The third kappa shape index (κ3) is 3.89. The van der Waals surface area contributed by atoms with Gasteiger partial charge in [-0.15, -0.1) is 0 Å². The second kappa shape index (κ2) is 8.65. The summed E-state index contributed by atoms with van der Waals surface area (Å²) in [5.74, 6) is -1.65. The number of benzene rings is 3. The fraction of sp³-hybridized carbons (Fsp3) is 0.0400. The number of hydrogen-bond acceptors (Lipinski definition) is 4. The molecule has 0 aliphatic heterocycles. The number of rotatable bonds is 3. The van der Waals surface area contributed by atoms with Crippen molar-refractivity contribution in [1.82, 2.24) is 25.0 Å². The first-order chi connectivity index (χ1) is 16.8. The molecule has 2 heterocycles. The van der Waals surface area contributed by atoms with Crippen LogP contribution in [-0.2, 0) is 7.05 Å². The average molecular weight is 488 g/mol. The number of hydrogen-bond donors (Lipinski definition) is 3. The van der Waals surface area contributed by atoms with Gasteiger partial charge in [-0.3, -0.25) is 25.2 Å². The minimum Gasteiger partial charge on any atom is -0.350 e. The van der Waals surface area contributed by atoms with Crippen molar-refractivity contribution in [3.63, 3.8) is 0 Å². The standard InChI is InChI=1S/C25H18FN5O3S/c1-30-13-17(15-6-2-4-8-20(15)30)23(33)29-28-22(32)14-10-11-16-19(12-14)27-25(35)31(24(16)34)21-9-5-3-7-18(21)26/h2-13H,1H3,(H,27,35)(H,28,32)(H,29,33). The van der Waals surface area contributed by atoms with Gasteiger partial charge in [0.25, 0.3) is 17.4 Å². The summed E-state index contributed by atoms with van der Waals surface area (Å²) < 4.78 is 17.1. The van der Waals surface area contributed by atoms with Crippen molar-refractivity contribution >= 4 is 45.8 Å². The molecule has 3 aromatic carbocycles. The Morgan fingerprint density at radius 3 is 2.46 bits per heavy atom. The number of fused-ring (bicyclic) bond motifs is 2. The largest absolute Gasteiger partial charge is 0.350 e. The zero-order chi connectivity index (χ0) is 24.7. The number of para-hydroxylation sites is 2. The molecule has 0 radical (unpaired) electrons. The molecule has 35 heavy (non-hydrogen) atoms. The van der Waals surface area contributed by atoms with Gasteiger partial charge in [-0.05, 0) is 48.6 Å². The van der Waals surface area contributed by atoms with Crippen LogP contribution >= 0.6 is 12.2 Å². The number of nitrogens with zero attached hydrogens (tertiary/aromatic N) is 2. The van der Waals surface area contributed by atoms with Crippen molar-refractivity contribution in [2.45, 2.75) is 0 Å². The van der Waals surface area contributed by atoms with Crippen molar-refractivity contribution in [3.05, 3.63) is 105 Å². The fourth-order valence-electron chi connectivity index (χ4n) is 3.99. The third-order valence-corrected chi connectivity index (χ3v) is 5.97. The Kier molecular flexibility index (Phi) is 5.50. The molecule has 8 nitrogen and oxygen atoms in total. The highest BCUT2D eigenvalue weighted by Crippen LogP contribution is 2.20. The fourth-order valence-corrected chi connectivity index (χ4v) is 4.28. The van der Waals surface area contributed by atoms with Gasteiger partial charge in [-0.1, -0.05) is 30.3 Å². The van der Waals surface area contributed by atoms with Crippen molar-refractivity contribution in [1.29, 1.82) is 0 Å². The molecule has 3 N–H and O–H groups in total. The lowest BCUT2D eigenvalue weighted by Crippen LogP contribution is -2.41. The summed E-state index contributed by atoms with van der Waals surface area (Å²) in [6.07, 6.45) is 1.68. The van der Waals surface area contributed by atoms with E-state index in [0.29, 0.717) is 11.1 Å². The molecule has 0 saturated heterocycles. The van der Waals surface area contributed by atoms with Gasteiger partial charge in [0.15, 0.2) is 4.77 Å². The number of carbonyl (C=O) groups is 2. The van der Waals surface area contributed by atoms with Gasteiger partial charge < -0.3 is 9.55 Å². The van der Waals surface area contributed by atoms with Crippen LogP contribution < -0.4 is 16.4 Å². The number of aryl methyl sites for hydroxylation is 1. The van der Waals surface area contributed by atoms with E-state index in [0.717, 1.165) is 15.5 Å². The lowest BCUT2D eigenvalue weighted by atomic mass is 10.1. The van der Waals surface area contributed by atoms with Crippen LogP contribution in [0.3, 0.4) is 0 Å². The molecule has 0 bridgehead atoms. The normalized spacial score (nSPS) is 11.0. The first kappa shape index (κ1) is 22.2. The molecule has 5 rings (SSSR count). The summed E-state index contributed by atoms with van der Waals surface area (Å²) >= 11 is 5.28. The molecule has 2 aromatic heterocycles. The van der Waals surface area contributed by atoms with Gasteiger partial charge in [0, 0.05) is 29.7 Å². The monoisotopic (exact) mass is 487 g/mol. The van der Waals surface area contributed by atoms with Crippen LogP contribution in [0.25, 0.3) is 27.5 Å². The van der Waals surface area contributed by atoms with E-state index in [-0.39, 0.29) is 21.4 Å². The molecule has 174 valence electrons. The Morgan fingerprint density at radius 2 is 1.66 bits per heavy atom. The minimum atomic E-state index is -0.591. The summed E-state index contributed by atoms with van der Waals surface area (Å²) in [5, 5.41) is 0.976. The SMILES string of the molecule is Cn1cc(C(=O)NNC(=O)c2ccc3c(=O)n(-c4ccccc4F)c(=S)[nH]c3c2)c2ccccc21. The Balaban J connectivity index is 1.41. The highest BCUT2D eigenvalue weighted by molar-refractivity contribution is 7.71. The van der Waals surface area contributed by atoms with Crippen LogP contribution in [0, 0.1) is 10.6 Å². The van der Waals surface area contributed by atoms with E-state index >= 15 is 0 Å². The van der Waals surface area contributed by atoms with E-state index in [1.807, 2.05) is 35.9 Å².